The van der Waals surface area contributed by atoms with Gasteiger partial charge in [-0.2, -0.15) is 0 Å². The molecule has 142 valence electrons. The second-order valence-electron chi connectivity index (χ2n) is 7.70. The monoisotopic (exact) mass is 385 g/mol. The molecule has 1 aliphatic carbocycles. The van der Waals surface area contributed by atoms with E-state index in [1.165, 1.54) is 22.6 Å². The first-order valence-electron chi connectivity index (χ1n) is 9.41. The highest BCUT2D eigenvalue weighted by Crippen LogP contribution is 2.36. The van der Waals surface area contributed by atoms with E-state index in [9.17, 15) is 9.18 Å². The van der Waals surface area contributed by atoms with E-state index in [0.29, 0.717) is 18.3 Å². The van der Waals surface area contributed by atoms with Gasteiger partial charge in [0.25, 0.3) is 5.56 Å². The second-order valence-corrected chi connectivity index (χ2v) is 8.78. The Morgan fingerprint density at radius 2 is 2.11 bits per heavy atom. The molecule has 0 fully saturated rings. The van der Waals surface area contributed by atoms with Crippen LogP contribution >= 0.6 is 11.3 Å². The number of nitrogens with one attached hydrogen (secondary N) is 1. The Labute approximate surface area is 162 Å². The predicted molar refractivity (Wildman–Crippen MR) is 108 cm³/mol. The molecule has 0 saturated heterocycles. The summed E-state index contributed by atoms with van der Waals surface area (Å²) < 4.78 is 13.1. The lowest BCUT2D eigenvalue weighted by molar-refractivity contribution is 0.244. The lowest BCUT2D eigenvalue weighted by atomic mass is 9.89. The number of H-pyrrole nitrogens is 1. The fraction of sp³-hybridized carbons (Fsp3) is 0.429. The first kappa shape index (κ1) is 18.3. The molecule has 0 radical (unpaired) electrons. The van der Waals surface area contributed by atoms with Crippen LogP contribution in [0.2, 0.25) is 0 Å². The van der Waals surface area contributed by atoms with E-state index < -0.39 is 0 Å². The van der Waals surface area contributed by atoms with Crippen molar-refractivity contribution in [3.8, 4) is 0 Å². The average Bonchev–Trinajstić information content (AvgIpc) is 3.00. The molecule has 3 aromatic rings. The smallest absolute Gasteiger partial charge is 0.259 e. The molecule has 4 nitrogen and oxygen atoms in total. The standard InChI is InChI=1S/C21H24FN3OS/c1-12-4-9-16-17(10-12)27-21-18(16)20(26)23-19(24-21)13(2)25(3)11-14-5-7-15(22)8-6-14/h5-8,12-13H,4,9-11H2,1-3H3,(H,23,24,26)/t12-,13+/m0/s1. The van der Waals surface area contributed by atoms with Gasteiger partial charge in [0.1, 0.15) is 16.5 Å². The van der Waals surface area contributed by atoms with Crippen LogP contribution in [0.3, 0.4) is 0 Å². The summed E-state index contributed by atoms with van der Waals surface area (Å²) in [4.78, 5) is 24.9. The summed E-state index contributed by atoms with van der Waals surface area (Å²) in [5.41, 5.74) is 2.21. The van der Waals surface area contributed by atoms with Gasteiger partial charge < -0.3 is 4.98 Å². The zero-order valence-electron chi connectivity index (χ0n) is 15.9. The van der Waals surface area contributed by atoms with Crippen molar-refractivity contribution in [2.45, 2.75) is 45.7 Å². The zero-order chi connectivity index (χ0) is 19.1. The van der Waals surface area contributed by atoms with Gasteiger partial charge in [-0.1, -0.05) is 19.1 Å². The minimum atomic E-state index is -0.234. The maximum Gasteiger partial charge on any atom is 0.259 e. The number of hydrogen-bond donors (Lipinski definition) is 1. The molecule has 2 heterocycles. The maximum atomic E-state index is 13.1. The van der Waals surface area contributed by atoms with Crippen LogP contribution in [-0.2, 0) is 19.4 Å². The van der Waals surface area contributed by atoms with Crippen LogP contribution in [-0.4, -0.2) is 21.9 Å². The summed E-state index contributed by atoms with van der Waals surface area (Å²) in [6.45, 7) is 4.95. The van der Waals surface area contributed by atoms with Crippen molar-refractivity contribution >= 4 is 21.6 Å². The highest BCUT2D eigenvalue weighted by atomic mass is 32.1. The summed E-state index contributed by atoms with van der Waals surface area (Å²) in [5, 5.41) is 0.791. The number of benzene rings is 1. The van der Waals surface area contributed by atoms with E-state index in [4.69, 9.17) is 4.98 Å². The van der Waals surface area contributed by atoms with Crippen LogP contribution in [0.5, 0.6) is 0 Å². The van der Waals surface area contributed by atoms with E-state index in [-0.39, 0.29) is 17.4 Å². The molecule has 2 atom stereocenters. The first-order chi connectivity index (χ1) is 12.9. The van der Waals surface area contributed by atoms with Crippen molar-refractivity contribution in [2.24, 2.45) is 5.92 Å². The Hall–Kier alpha value is -2.05. The normalized spacial score (nSPS) is 18.0. The molecule has 1 N–H and O–H groups in total. The number of rotatable bonds is 4. The molecule has 0 amide bonds. The van der Waals surface area contributed by atoms with Crippen LogP contribution in [0, 0.1) is 11.7 Å². The number of thiophene rings is 1. The van der Waals surface area contributed by atoms with Gasteiger partial charge in [0.15, 0.2) is 0 Å². The number of aromatic nitrogens is 2. The van der Waals surface area contributed by atoms with Crippen LogP contribution in [0.15, 0.2) is 29.1 Å². The Kier molecular flexibility index (Phi) is 4.86. The molecule has 27 heavy (non-hydrogen) atoms. The number of aromatic amines is 1. The summed E-state index contributed by atoms with van der Waals surface area (Å²) in [7, 11) is 1.99. The van der Waals surface area contributed by atoms with Crippen LogP contribution in [0.4, 0.5) is 4.39 Å². The SMILES string of the molecule is C[C@H]1CCc2c(sc3nc([C@@H](C)N(C)Cc4ccc(F)cc4)[nH]c(=O)c23)C1. The Morgan fingerprint density at radius 1 is 1.37 bits per heavy atom. The molecule has 1 aliphatic rings. The number of aryl methyl sites for hydroxylation is 1. The minimum absolute atomic E-state index is 0.0240. The van der Waals surface area contributed by atoms with Gasteiger partial charge in [0.05, 0.1) is 11.4 Å². The molecule has 0 saturated carbocycles. The van der Waals surface area contributed by atoms with E-state index >= 15 is 0 Å². The Bertz CT molecular complexity index is 1020. The highest BCUT2D eigenvalue weighted by molar-refractivity contribution is 7.18. The third-order valence-corrected chi connectivity index (χ3v) is 6.73. The molecule has 4 rings (SSSR count). The number of fused-ring (bicyclic) bond motifs is 3. The maximum absolute atomic E-state index is 13.1. The van der Waals surface area contributed by atoms with Crippen molar-refractivity contribution in [3.05, 3.63) is 62.3 Å². The van der Waals surface area contributed by atoms with Crippen molar-refractivity contribution in [3.63, 3.8) is 0 Å². The molecule has 0 bridgehead atoms. The summed E-state index contributed by atoms with van der Waals surface area (Å²) >= 11 is 1.68. The Balaban J connectivity index is 1.63. The first-order valence-corrected chi connectivity index (χ1v) is 10.2. The molecule has 6 heteroatoms. The molecule has 1 aromatic carbocycles. The number of halogens is 1. The zero-order valence-corrected chi connectivity index (χ0v) is 16.7. The average molecular weight is 386 g/mol. The van der Waals surface area contributed by atoms with Gasteiger partial charge in [0.2, 0.25) is 0 Å². The Morgan fingerprint density at radius 3 is 2.85 bits per heavy atom. The summed E-state index contributed by atoms with van der Waals surface area (Å²) in [6.07, 6.45) is 3.16. The molecule has 0 aliphatic heterocycles. The number of hydrogen-bond acceptors (Lipinski definition) is 4. The van der Waals surface area contributed by atoms with Crippen molar-refractivity contribution in [1.82, 2.24) is 14.9 Å². The van der Waals surface area contributed by atoms with Crippen molar-refractivity contribution < 1.29 is 4.39 Å². The quantitative estimate of drug-likeness (QED) is 0.722. The number of nitrogens with zero attached hydrogens (tertiary/aromatic N) is 2. The predicted octanol–water partition coefficient (Wildman–Crippen LogP) is 4.44. The largest absolute Gasteiger partial charge is 0.309 e. The third-order valence-electron chi connectivity index (χ3n) is 5.59. The molecular formula is C21H24FN3OS. The lowest BCUT2D eigenvalue weighted by Crippen LogP contribution is -2.26. The lowest BCUT2D eigenvalue weighted by Gasteiger charge is -2.24. The van der Waals surface area contributed by atoms with Gasteiger partial charge in [-0.15, -0.1) is 11.3 Å². The highest BCUT2D eigenvalue weighted by Gasteiger charge is 2.24. The molecule has 0 unspecified atom stereocenters. The van der Waals surface area contributed by atoms with Crippen molar-refractivity contribution in [1.29, 1.82) is 0 Å². The van der Waals surface area contributed by atoms with Crippen LogP contribution in [0.25, 0.3) is 10.2 Å². The molecular weight excluding hydrogens is 361 g/mol. The minimum Gasteiger partial charge on any atom is -0.309 e. The van der Waals surface area contributed by atoms with E-state index in [1.54, 1.807) is 23.5 Å². The summed E-state index contributed by atoms with van der Waals surface area (Å²) in [6, 6.07) is 6.46. The van der Waals surface area contributed by atoms with Gasteiger partial charge >= 0.3 is 0 Å². The van der Waals surface area contributed by atoms with Crippen LogP contribution in [0.1, 0.15) is 48.1 Å². The topological polar surface area (TPSA) is 49.0 Å². The van der Waals surface area contributed by atoms with Gasteiger partial charge in [0, 0.05) is 11.4 Å². The fourth-order valence-electron chi connectivity index (χ4n) is 3.79. The van der Waals surface area contributed by atoms with Crippen molar-refractivity contribution in [2.75, 3.05) is 7.05 Å². The van der Waals surface area contributed by atoms with Gasteiger partial charge in [-0.25, -0.2) is 9.37 Å². The second kappa shape index (κ2) is 7.17. The van der Waals surface area contributed by atoms with Crippen LogP contribution < -0.4 is 5.56 Å². The third kappa shape index (κ3) is 3.56. The molecule has 2 aromatic heterocycles. The fourth-order valence-corrected chi connectivity index (χ4v) is 5.18. The van der Waals surface area contributed by atoms with E-state index in [0.717, 1.165) is 35.0 Å². The van der Waals surface area contributed by atoms with E-state index in [2.05, 4.69) is 16.8 Å². The van der Waals surface area contributed by atoms with Gasteiger partial charge in [-0.05, 0) is 62.4 Å². The summed E-state index contributed by atoms with van der Waals surface area (Å²) in [5.74, 6) is 1.12. The molecule has 0 spiro atoms. The van der Waals surface area contributed by atoms with Gasteiger partial charge in [-0.3, -0.25) is 9.69 Å². The van der Waals surface area contributed by atoms with E-state index in [1.807, 2.05) is 14.0 Å².